The Morgan fingerprint density at radius 1 is 1.11 bits per heavy atom. The van der Waals surface area contributed by atoms with Crippen LogP contribution in [0, 0.1) is 5.82 Å². The Kier molecular flexibility index (Phi) is 4.96. The minimum atomic E-state index is -0.385. The molecule has 2 aromatic carbocycles. The fraction of sp³-hybridized carbons (Fsp3) is 0.143. The third kappa shape index (κ3) is 3.78. The summed E-state index contributed by atoms with van der Waals surface area (Å²) in [7, 11) is 0. The molecule has 100 valence electrons. The smallest absolute Gasteiger partial charge is 0.166 e. The molecule has 0 amide bonds. The molecule has 0 unspecified atom stereocenters. The summed E-state index contributed by atoms with van der Waals surface area (Å²) in [6.07, 6.45) is 0. The van der Waals surface area contributed by atoms with Crippen LogP contribution in [0.25, 0.3) is 0 Å². The molecule has 2 N–H and O–H groups in total. The minimum absolute atomic E-state index is 0.234. The molecule has 2 aromatic rings. The molecular weight excluding hydrogens is 377 g/mol. The number of ether oxygens (including phenoxy) is 1. The summed E-state index contributed by atoms with van der Waals surface area (Å²) in [5.41, 5.74) is 7.54. The van der Waals surface area contributed by atoms with E-state index in [1.807, 2.05) is 18.2 Å². The van der Waals surface area contributed by atoms with Crippen LogP contribution < -0.4 is 10.5 Å². The van der Waals surface area contributed by atoms with Crippen molar-refractivity contribution in [2.75, 3.05) is 0 Å². The first-order valence-corrected chi connectivity index (χ1v) is 7.24. The van der Waals surface area contributed by atoms with E-state index in [4.69, 9.17) is 10.5 Å². The standard InChI is InChI=1S/C14H12Br2FNO/c15-11-3-4-14(13(17)6-11)19-8-10-2-1-9(7-18)5-12(10)16/h1-6H,7-8,18H2. The van der Waals surface area contributed by atoms with Gasteiger partial charge >= 0.3 is 0 Å². The van der Waals surface area contributed by atoms with Crippen LogP contribution in [0.5, 0.6) is 5.75 Å². The third-order valence-corrected chi connectivity index (χ3v) is 3.86. The largest absolute Gasteiger partial charge is 0.486 e. The molecule has 0 aliphatic rings. The average Bonchev–Trinajstić information content (AvgIpc) is 2.39. The van der Waals surface area contributed by atoms with Crippen molar-refractivity contribution in [3.05, 3.63) is 62.3 Å². The van der Waals surface area contributed by atoms with Gasteiger partial charge in [0.05, 0.1) is 0 Å². The molecule has 5 heteroatoms. The fourth-order valence-corrected chi connectivity index (χ4v) is 2.46. The van der Waals surface area contributed by atoms with E-state index in [2.05, 4.69) is 31.9 Å². The second-order valence-corrected chi connectivity index (χ2v) is 5.76. The van der Waals surface area contributed by atoms with Crippen molar-refractivity contribution < 1.29 is 9.13 Å². The topological polar surface area (TPSA) is 35.2 Å². The summed E-state index contributed by atoms with van der Waals surface area (Å²) >= 11 is 6.66. The van der Waals surface area contributed by atoms with Crippen molar-refractivity contribution in [3.8, 4) is 5.75 Å². The third-order valence-electron chi connectivity index (χ3n) is 2.63. The average molecular weight is 389 g/mol. The van der Waals surface area contributed by atoms with Crippen molar-refractivity contribution in [1.29, 1.82) is 0 Å². The predicted molar refractivity (Wildman–Crippen MR) is 80.5 cm³/mol. The number of halogens is 3. The molecule has 0 heterocycles. The summed E-state index contributed by atoms with van der Waals surface area (Å²) < 4.78 is 20.7. The van der Waals surface area contributed by atoms with Crippen LogP contribution in [0.2, 0.25) is 0 Å². The van der Waals surface area contributed by atoms with Gasteiger partial charge in [0.1, 0.15) is 6.61 Å². The monoisotopic (exact) mass is 387 g/mol. The zero-order valence-electron chi connectivity index (χ0n) is 10.00. The molecule has 0 aliphatic heterocycles. The molecule has 0 bridgehead atoms. The van der Waals surface area contributed by atoms with Gasteiger partial charge in [0.25, 0.3) is 0 Å². The lowest BCUT2D eigenvalue weighted by Crippen LogP contribution is -2.01. The molecule has 0 saturated carbocycles. The summed E-state index contributed by atoms with van der Waals surface area (Å²) in [5.74, 6) is -0.151. The Balaban J connectivity index is 2.10. The highest BCUT2D eigenvalue weighted by molar-refractivity contribution is 9.10. The number of nitrogens with two attached hydrogens (primary N) is 1. The highest BCUT2D eigenvalue weighted by Gasteiger charge is 2.06. The normalized spacial score (nSPS) is 10.5. The maximum Gasteiger partial charge on any atom is 0.166 e. The first-order chi connectivity index (χ1) is 9.10. The Hall–Kier alpha value is -0.910. The summed E-state index contributed by atoms with van der Waals surface area (Å²) in [5, 5.41) is 0. The quantitative estimate of drug-likeness (QED) is 0.842. The molecule has 0 radical (unpaired) electrons. The van der Waals surface area contributed by atoms with Crippen molar-refractivity contribution in [2.24, 2.45) is 5.73 Å². The van der Waals surface area contributed by atoms with Crippen molar-refractivity contribution in [2.45, 2.75) is 13.2 Å². The lowest BCUT2D eigenvalue weighted by molar-refractivity contribution is 0.289. The lowest BCUT2D eigenvalue weighted by Gasteiger charge is -2.10. The second-order valence-electron chi connectivity index (χ2n) is 3.99. The Morgan fingerprint density at radius 3 is 2.53 bits per heavy atom. The van der Waals surface area contributed by atoms with Crippen LogP contribution in [-0.4, -0.2) is 0 Å². The van der Waals surface area contributed by atoms with Gasteiger partial charge in [-0.25, -0.2) is 4.39 Å². The highest BCUT2D eigenvalue weighted by Crippen LogP contribution is 2.24. The predicted octanol–water partition coefficient (Wildman–Crippen LogP) is 4.39. The molecule has 2 rings (SSSR count). The molecule has 0 atom stereocenters. The first-order valence-electron chi connectivity index (χ1n) is 5.65. The van der Waals surface area contributed by atoms with E-state index in [-0.39, 0.29) is 11.6 Å². The van der Waals surface area contributed by atoms with Gasteiger partial charge in [-0.3, -0.25) is 0 Å². The second kappa shape index (κ2) is 6.50. The van der Waals surface area contributed by atoms with Gasteiger partial charge in [-0.2, -0.15) is 0 Å². The molecule has 0 aromatic heterocycles. The Bertz CT molecular complexity index is 590. The van der Waals surface area contributed by atoms with Crippen LogP contribution >= 0.6 is 31.9 Å². The van der Waals surface area contributed by atoms with E-state index in [0.717, 1.165) is 15.6 Å². The number of hydrogen-bond donors (Lipinski definition) is 1. The molecule has 2 nitrogen and oxygen atoms in total. The number of rotatable bonds is 4. The van der Waals surface area contributed by atoms with E-state index in [0.29, 0.717) is 17.6 Å². The van der Waals surface area contributed by atoms with Gasteiger partial charge in [-0.15, -0.1) is 0 Å². The fourth-order valence-electron chi connectivity index (χ4n) is 1.58. The number of hydrogen-bond acceptors (Lipinski definition) is 2. The lowest BCUT2D eigenvalue weighted by atomic mass is 10.1. The highest BCUT2D eigenvalue weighted by atomic mass is 79.9. The van der Waals surface area contributed by atoms with Crippen molar-refractivity contribution in [1.82, 2.24) is 0 Å². The van der Waals surface area contributed by atoms with Crippen LogP contribution in [0.3, 0.4) is 0 Å². The Morgan fingerprint density at radius 2 is 1.89 bits per heavy atom. The maximum absolute atomic E-state index is 13.6. The zero-order valence-corrected chi connectivity index (χ0v) is 13.2. The zero-order chi connectivity index (χ0) is 13.8. The van der Waals surface area contributed by atoms with Crippen LogP contribution in [0.15, 0.2) is 45.3 Å². The maximum atomic E-state index is 13.6. The summed E-state index contributed by atoms with van der Waals surface area (Å²) in [4.78, 5) is 0. The van der Waals surface area contributed by atoms with Crippen LogP contribution in [0.4, 0.5) is 4.39 Å². The van der Waals surface area contributed by atoms with E-state index in [1.165, 1.54) is 6.07 Å². The van der Waals surface area contributed by atoms with Gasteiger partial charge in [0, 0.05) is 21.1 Å². The summed E-state index contributed by atoms with van der Waals surface area (Å²) in [6, 6.07) is 10.5. The molecular formula is C14H12Br2FNO. The van der Waals surface area contributed by atoms with Gasteiger partial charge in [0.2, 0.25) is 0 Å². The minimum Gasteiger partial charge on any atom is -0.486 e. The first kappa shape index (κ1) is 14.5. The van der Waals surface area contributed by atoms with E-state index in [1.54, 1.807) is 12.1 Å². The Labute approximate surface area is 128 Å². The molecule has 0 spiro atoms. The van der Waals surface area contributed by atoms with Crippen molar-refractivity contribution in [3.63, 3.8) is 0 Å². The van der Waals surface area contributed by atoms with Crippen LogP contribution in [0.1, 0.15) is 11.1 Å². The van der Waals surface area contributed by atoms with Gasteiger partial charge < -0.3 is 10.5 Å². The molecule has 19 heavy (non-hydrogen) atoms. The summed E-state index contributed by atoms with van der Waals surface area (Å²) in [6.45, 7) is 0.783. The molecule has 0 aliphatic carbocycles. The van der Waals surface area contributed by atoms with Crippen LogP contribution in [-0.2, 0) is 13.2 Å². The van der Waals surface area contributed by atoms with E-state index < -0.39 is 0 Å². The number of benzene rings is 2. The van der Waals surface area contributed by atoms with E-state index >= 15 is 0 Å². The molecule has 0 saturated heterocycles. The van der Waals surface area contributed by atoms with Gasteiger partial charge in [0.15, 0.2) is 11.6 Å². The van der Waals surface area contributed by atoms with Crippen molar-refractivity contribution >= 4 is 31.9 Å². The van der Waals surface area contributed by atoms with E-state index in [9.17, 15) is 4.39 Å². The molecule has 0 fully saturated rings. The van der Waals surface area contributed by atoms with Gasteiger partial charge in [-0.05, 0) is 29.8 Å². The van der Waals surface area contributed by atoms with Gasteiger partial charge in [-0.1, -0.05) is 44.0 Å². The SMILES string of the molecule is NCc1ccc(COc2ccc(Br)cc2F)c(Br)c1.